The molecule has 1 amide bonds. The predicted octanol–water partition coefficient (Wildman–Crippen LogP) is 1.13. The average molecular weight is 224 g/mol. The lowest BCUT2D eigenvalue weighted by Gasteiger charge is -2.23. The fraction of sp³-hybridized carbons (Fsp3) is 0.455. The zero-order valence-electron chi connectivity index (χ0n) is 9.00. The molecule has 5 heteroatoms. The van der Waals surface area contributed by atoms with Crippen molar-refractivity contribution >= 4 is 5.91 Å². The van der Waals surface area contributed by atoms with E-state index in [0.717, 1.165) is 12.5 Å². The first kappa shape index (κ1) is 11.0. The minimum absolute atomic E-state index is 0.278. The van der Waals surface area contributed by atoms with Gasteiger partial charge in [0.05, 0.1) is 12.1 Å². The lowest BCUT2D eigenvalue weighted by Crippen LogP contribution is -2.46. The van der Waals surface area contributed by atoms with E-state index >= 15 is 0 Å². The fourth-order valence-electron chi connectivity index (χ4n) is 1.66. The topological polar surface area (TPSA) is 51.2 Å². The molecule has 1 aliphatic heterocycles. The lowest BCUT2D eigenvalue weighted by molar-refractivity contribution is 0.0889. The number of amides is 1. The predicted molar refractivity (Wildman–Crippen MR) is 55.5 cm³/mol. The van der Waals surface area contributed by atoms with Crippen molar-refractivity contribution in [2.45, 2.75) is 18.9 Å². The summed E-state index contributed by atoms with van der Waals surface area (Å²) in [5, 5.41) is 2.84. The highest BCUT2D eigenvalue weighted by Crippen LogP contribution is 2.18. The molecule has 1 atom stereocenters. The SMILES string of the molecule is CC1(NC(=O)c2ccnc(F)c2)CCOC1. The highest BCUT2D eigenvalue weighted by Gasteiger charge is 2.31. The van der Waals surface area contributed by atoms with Gasteiger partial charge in [-0.05, 0) is 19.4 Å². The third-order valence-electron chi connectivity index (χ3n) is 2.62. The molecule has 2 heterocycles. The van der Waals surface area contributed by atoms with Crippen molar-refractivity contribution in [2.75, 3.05) is 13.2 Å². The maximum Gasteiger partial charge on any atom is 0.252 e. The Balaban J connectivity index is 2.08. The summed E-state index contributed by atoms with van der Waals surface area (Å²) in [5.41, 5.74) is -0.0720. The number of ether oxygens (including phenoxy) is 1. The summed E-state index contributed by atoms with van der Waals surface area (Å²) < 4.78 is 18.0. The first-order chi connectivity index (χ1) is 7.59. The molecule has 0 saturated carbocycles. The van der Waals surface area contributed by atoms with E-state index in [0.29, 0.717) is 13.2 Å². The minimum atomic E-state index is -0.652. The Bertz CT molecular complexity index is 403. The minimum Gasteiger partial charge on any atom is -0.379 e. The summed E-state index contributed by atoms with van der Waals surface area (Å²) in [6, 6.07) is 2.60. The van der Waals surface area contributed by atoms with Crippen LogP contribution in [-0.2, 0) is 4.74 Å². The van der Waals surface area contributed by atoms with Crippen molar-refractivity contribution in [3.05, 3.63) is 29.8 Å². The van der Waals surface area contributed by atoms with Crippen LogP contribution >= 0.6 is 0 Å². The van der Waals surface area contributed by atoms with Gasteiger partial charge in [0.2, 0.25) is 5.95 Å². The van der Waals surface area contributed by atoms with Crippen LogP contribution in [0.4, 0.5) is 4.39 Å². The third kappa shape index (κ3) is 2.36. The number of hydrogen-bond donors (Lipinski definition) is 1. The average Bonchev–Trinajstić information content (AvgIpc) is 2.65. The fourth-order valence-corrected chi connectivity index (χ4v) is 1.66. The van der Waals surface area contributed by atoms with Gasteiger partial charge in [-0.15, -0.1) is 0 Å². The first-order valence-corrected chi connectivity index (χ1v) is 5.11. The molecule has 1 aromatic heterocycles. The summed E-state index contributed by atoms with van der Waals surface area (Å²) in [6.07, 6.45) is 2.05. The molecule has 1 N–H and O–H groups in total. The summed E-state index contributed by atoms with van der Waals surface area (Å²) in [7, 11) is 0. The molecule has 1 fully saturated rings. The van der Waals surface area contributed by atoms with Crippen molar-refractivity contribution in [3.63, 3.8) is 0 Å². The molecular formula is C11H13FN2O2. The van der Waals surface area contributed by atoms with Crippen LogP contribution in [0.15, 0.2) is 18.3 Å². The van der Waals surface area contributed by atoms with Crippen molar-refractivity contribution < 1.29 is 13.9 Å². The molecule has 0 bridgehead atoms. The number of carbonyl (C=O) groups excluding carboxylic acids is 1. The van der Waals surface area contributed by atoms with Gasteiger partial charge in [0.25, 0.3) is 5.91 Å². The van der Waals surface area contributed by atoms with E-state index in [1.165, 1.54) is 12.3 Å². The molecule has 4 nitrogen and oxygen atoms in total. The maximum absolute atomic E-state index is 12.8. The summed E-state index contributed by atoms with van der Waals surface area (Å²) >= 11 is 0. The second-order valence-corrected chi connectivity index (χ2v) is 4.18. The molecule has 1 saturated heterocycles. The quantitative estimate of drug-likeness (QED) is 0.766. The molecule has 1 unspecified atom stereocenters. The van der Waals surface area contributed by atoms with Crippen LogP contribution in [0.2, 0.25) is 0 Å². The zero-order valence-corrected chi connectivity index (χ0v) is 9.00. The molecule has 16 heavy (non-hydrogen) atoms. The van der Waals surface area contributed by atoms with E-state index in [4.69, 9.17) is 4.74 Å². The second kappa shape index (κ2) is 4.17. The third-order valence-corrected chi connectivity index (χ3v) is 2.62. The van der Waals surface area contributed by atoms with E-state index in [1.54, 1.807) is 0 Å². The van der Waals surface area contributed by atoms with Crippen molar-refractivity contribution in [1.82, 2.24) is 10.3 Å². The van der Waals surface area contributed by atoms with Crippen LogP contribution in [-0.4, -0.2) is 29.6 Å². The number of rotatable bonds is 2. The molecule has 0 radical (unpaired) electrons. The van der Waals surface area contributed by atoms with Crippen LogP contribution in [0.3, 0.4) is 0 Å². The van der Waals surface area contributed by atoms with Gasteiger partial charge in [-0.25, -0.2) is 4.98 Å². The number of nitrogens with one attached hydrogen (secondary N) is 1. The largest absolute Gasteiger partial charge is 0.379 e. The van der Waals surface area contributed by atoms with Crippen molar-refractivity contribution in [1.29, 1.82) is 0 Å². The maximum atomic E-state index is 12.8. The second-order valence-electron chi connectivity index (χ2n) is 4.18. The van der Waals surface area contributed by atoms with E-state index in [2.05, 4.69) is 10.3 Å². The zero-order chi connectivity index (χ0) is 11.6. The van der Waals surface area contributed by atoms with Gasteiger partial charge >= 0.3 is 0 Å². The highest BCUT2D eigenvalue weighted by molar-refractivity contribution is 5.94. The van der Waals surface area contributed by atoms with E-state index < -0.39 is 5.95 Å². The van der Waals surface area contributed by atoms with Crippen molar-refractivity contribution in [3.8, 4) is 0 Å². The Labute approximate surface area is 92.8 Å². The van der Waals surface area contributed by atoms with Crippen molar-refractivity contribution in [2.24, 2.45) is 0 Å². The molecule has 1 aromatic rings. The van der Waals surface area contributed by atoms with Crippen LogP contribution in [0.5, 0.6) is 0 Å². The van der Waals surface area contributed by atoms with Gasteiger partial charge in [-0.1, -0.05) is 0 Å². The standard InChI is InChI=1S/C11H13FN2O2/c1-11(3-5-16-7-11)14-10(15)8-2-4-13-9(12)6-8/h2,4,6H,3,5,7H2,1H3,(H,14,15). The van der Waals surface area contributed by atoms with E-state index in [9.17, 15) is 9.18 Å². The van der Waals surface area contributed by atoms with Crippen LogP contribution in [0.25, 0.3) is 0 Å². The Kier molecular flexibility index (Phi) is 2.87. The summed E-state index contributed by atoms with van der Waals surface area (Å²) in [6.45, 7) is 3.04. The van der Waals surface area contributed by atoms with Gasteiger partial charge < -0.3 is 10.1 Å². The molecule has 0 aromatic carbocycles. The molecule has 0 spiro atoms. The lowest BCUT2D eigenvalue weighted by atomic mass is 10.0. The van der Waals surface area contributed by atoms with Gasteiger partial charge in [-0.2, -0.15) is 4.39 Å². The number of hydrogen-bond acceptors (Lipinski definition) is 3. The number of nitrogens with zero attached hydrogens (tertiary/aromatic N) is 1. The van der Waals surface area contributed by atoms with Gasteiger partial charge in [0.15, 0.2) is 0 Å². The number of carbonyl (C=O) groups is 1. The Morgan fingerprint density at radius 1 is 1.69 bits per heavy atom. The van der Waals surface area contributed by atoms with Crippen LogP contribution in [0, 0.1) is 5.95 Å². The van der Waals surface area contributed by atoms with Crippen LogP contribution < -0.4 is 5.32 Å². The highest BCUT2D eigenvalue weighted by atomic mass is 19.1. The summed E-state index contributed by atoms with van der Waals surface area (Å²) in [4.78, 5) is 15.2. The normalized spacial score (nSPS) is 24.4. The molecular weight excluding hydrogens is 211 g/mol. The molecule has 2 rings (SSSR count). The monoisotopic (exact) mass is 224 g/mol. The van der Waals surface area contributed by atoms with E-state index in [1.807, 2.05) is 6.92 Å². The first-order valence-electron chi connectivity index (χ1n) is 5.11. The summed E-state index contributed by atoms with van der Waals surface area (Å²) in [5.74, 6) is -0.949. The molecule has 86 valence electrons. The van der Waals surface area contributed by atoms with Crippen LogP contribution in [0.1, 0.15) is 23.7 Å². The van der Waals surface area contributed by atoms with Gasteiger partial charge in [-0.3, -0.25) is 4.79 Å². The van der Waals surface area contributed by atoms with Gasteiger partial charge in [0.1, 0.15) is 0 Å². The Morgan fingerprint density at radius 2 is 2.50 bits per heavy atom. The molecule has 1 aliphatic rings. The number of halogens is 1. The number of pyridine rings is 1. The smallest absolute Gasteiger partial charge is 0.252 e. The Hall–Kier alpha value is -1.49. The Morgan fingerprint density at radius 3 is 3.12 bits per heavy atom. The van der Waals surface area contributed by atoms with E-state index in [-0.39, 0.29) is 17.0 Å². The molecule has 0 aliphatic carbocycles. The van der Waals surface area contributed by atoms with Gasteiger partial charge in [0, 0.05) is 24.4 Å². The number of aromatic nitrogens is 1.